The SMILES string of the molecule is CC(C)(O)C(=O)c1ccc(COC(=O)c2cc(C(=O)OCc3ccc(C(=O)C(C)(C)O)cc3)c(C(=O)OCc3ccc(C(=O)C(C)(C)O)cc3)cc2C(=O)OCc2ccc(C(=O)C(C)(C)O)cc2)cc1. The van der Waals surface area contributed by atoms with Crippen LogP contribution in [-0.2, 0) is 45.4 Å². The van der Waals surface area contributed by atoms with Crippen LogP contribution >= 0.6 is 0 Å². The zero-order valence-corrected chi connectivity index (χ0v) is 39.9. The summed E-state index contributed by atoms with van der Waals surface area (Å²) in [7, 11) is 0. The fourth-order valence-electron chi connectivity index (χ4n) is 6.60. The lowest BCUT2D eigenvalue weighted by Crippen LogP contribution is -2.31. The number of aliphatic hydroxyl groups is 4. The summed E-state index contributed by atoms with van der Waals surface area (Å²) in [6.07, 6.45) is 0. The van der Waals surface area contributed by atoms with Crippen molar-refractivity contribution in [1.82, 2.24) is 0 Å². The van der Waals surface area contributed by atoms with Gasteiger partial charge >= 0.3 is 23.9 Å². The van der Waals surface area contributed by atoms with E-state index in [1.165, 1.54) is 152 Å². The third kappa shape index (κ3) is 13.8. The molecule has 16 heteroatoms. The molecule has 0 aliphatic heterocycles. The second-order valence-electron chi connectivity index (χ2n) is 18.6. The number of hydrogen-bond acceptors (Lipinski definition) is 16. The maximum absolute atomic E-state index is 14.0. The van der Waals surface area contributed by atoms with Crippen LogP contribution in [0.5, 0.6) is 0 Å². The molecule has 0 bridgehead atoms. The number of esters is 4. The first kappa shape index (κ1) is 53.5. The zero-order valence-electron chi connectivity index (χ0n) is 39.9. The summed E-state index contributed by atoms with van der Waals surface area (Å²) in [5.41, 5.74) is -6.40. The lowest BCUT2D eigenvalue weighted by atomic mass is 9.96. The van der Waals surface area contributed by atoms with E-state index in [0.29, 0.717) is 22.3 Å². The lowest BCUT2D eigenvalue weighted by molar-refractivity contribution is 0.0409. The van der Waals surface area contributed by atoms with Crippen LogP contribution in [0.1, 0.15) is 161 Å². The number of benzene rings is 5. The van der Waals surface area contributed by atoms with Crippen molar-refractivity contribution in [2.24, 2.45) is 0 Å². The molecular formula is C54H54O16. The van der Waals surface area contributed by atoms with Crippen LogP contribution in [0.2, 0.25) is 0 Å². The molecule has 0 fully saturated rings. The van der Waals surface area contributed by atoms with Crippen molar-refractivity contribution in [2.75, 3.05) is 0 Å². The van der Waals surface area contributed by atoms with E-state index in [2.05, 4.69) is 0 Å². The van der Waals surface area contributed by atoms with Crippen molar-refractivity contribution in [3.05, 3.63) is 176 Å². The molecule has 0 spiro atoms. The van der Waals surface area contributed by atoms with Crippen LogP contribution in [0.3, 0.4) is 0 Å². The molecule has 0 radical (unpaired) electrons. The van der Waals surface area contributed by atoms with E-state index in [1.807, 2.05) is 0 Å². The van der Waals surface area contributed by atoms with Crippen LogP contribution in [0.4, 0.5) is 0 Å². The molecule has 0 atom stereocenters. The van der Waals surface area contributed by atoms with Crippen molar-refractivity contribution in [3.63, 3.8) is 0 Å². The Labute approximate surface area is 403 Å². The van der Waals surface area contributed by atoms with Crippen LogP contribution < -0.4 is 0 Å². The third-order valence-corrected chi connectivity index (χ3v) is 10.6. The normalized spacial score (nSPS) is 11.8. The average molecular weight is 959 g/mol. The number of ketones is 4. The number of rotatable bonds is 20. The van der Waals surface area contributed by atoms with Gasteiger partial charge in [-0.15, -0.1) is 0 Å². The van der Waals surface area contributed by atoms with E-state index >= 15 is 0 Å². The quantitative estimate of drug-likeness (QED) is 0.0350. The monoisotopic (exact) mass is 958 g/mol. The first-order valence-electron chi connectivity index (χ1n) is 21.9. The molecule has 0 aromatic heterocycles. The fourth-order valence-corrected chi connectivity index (χ4v) is 6.60. The minimum atomic E-state index is -1.65. The Kier molecular flexibility index (Phi) is 16.4. The zero-order chi connectivity index (χ0) is 51.9. The Bertz CT molecular complexity index is 2410. The van der Waals surface area contributed by atoms with Crippen molar-refractivity contribution >= 4 is 47.0 Å². The summed E-state index contributed by atoms with van der Waals surface area (Å²) in [4.78, 5) is 106. The van der Waals surface area contributed by atoms with E-state index < -0.39 is 118 Å². The number of hydrogen-bond donors (Lipinski definition) is 4. The predicted octanol–water partition coefficient (Wildman–Crippen LogP) is 6.93. The molecule has 0 aliphatic carbocycles. The number of ether oxygens (including phenoxy) is 4. The van der Waals surface area contributed by atoms with Crippen molar-refractivity contribution < 1.29 is 77.7 Å². The number of carbonyl (C=O) groups is 8. The Morgan fingerprint density at radius 3 is 0.614 bits per heavy atom. The maximum atomic E-state index is 14.0. The molecule has 0 aliphatic rings. The van der Waals surface area contributed by atoms with Gasteiger partial charge in [0, 0.05) is 22.3 Å². The molecule has 4 N–H and O–H groups in total. The van der Waals surface area contributed by atoms with Gasteiger partial charge in [0.2, 0.25) is 0 Å². The Hall–Kier alpha value is -7.50. The van der Waals surface area contributed by atoms with Crippen molar-refractivity contribution in [1.29, 1.82) is 0 Å². The Morgan fingerprint density at radius 1 is 0.314 bits per heavy atom. The van der Waals surface area contributed by atoms with Gasteiger partial charge in [-0.25, -0.2) is 19.2 Å². The second kappa shape index (κ2) is 21.4. The summed E-state index contributed by atoms with van der Waals surface area (Å²) in [6.45, 7) is 9.08. The van der Waals surface area contributed by atoms with Gasteiger partial charge in [0.05, 0.1) is 22.3 Å². The molecule has 16 nitrogen and oxygen atoms in total. The first-order chi connectivity index (χ1) is 32.5. The van der Waals surface area contributed by atoms with Crippen LogP contribution in [0.25, 0.3) is 0 Å². The van der Waals surface area contributed by atoms with E-state index in [0.717, 1.165) is 12.1 Å². The Morgan fingerprint density at radius 2 is 0.471 bits per heavy atom. The van der Waals surface area contributed by atoms with Crippen LogP contribution in [-0.4, -0.2) is 89.8 Å². The topological polar surface area (TPSA) is 254 Å². The van der Waals surface area contributed by atoms with E-state index in [-0.39, 0.29) is 22.3 Å². The summed E-state index contributed by atoms with van der Waals surface area (Å²) in [5.74, 6) is -6.81. The summed E-state index contributed by atoms with van der Waals surface area (Å²) in [5, 5.41) is 40.6. The van der Waals surface area contributed by atoms with Gasteiger partial charge in [0.1, 0.15) is 48.8 Å². The minimum absolute atomic E-state index is 0.188. The molecule has 70 heavy (non-hydrogen) atoms. The molecule has 0 saturated heterocycles. The average Bonchev–Trinajstić information content (AvgIpc) is 3.31. The molecule has 0 heterocycles. The molecule has 5 rings (SSSR count). The van der Waals surface area contributed by atoms with E-state index in [1.54, 1.807) is 0 Å². The smallest absolute Gasteiger partial charge is 0.339 e. The highest BCUT2D eigenvalue weighted by Crippen LogP contribution is 2.25. The predicted molar refractivity (Wildman–Crippen MR) is 251 cm³/mol. The standard InChI is InChI=1S/C54H54O16/c1-51(2,63)43(55)35-17-9-31(10-18-35)27-67-47(59)39-25-41(49(61)69-29-33-13-21-37(22-14-33)45(57)53(5,6)65)42(50(62)70-30-34-15-23-38(24-16-34)46(58)54(7,8)66)26-40(39)48(60)68-28-32-11-19-36(20-12-32)44(56)52(3,4)64/h9-26,63-66H,27-30H2,1-8H3. The second-order valence-corrected chi connectivity index (χ2v) is 18.6. The van der Waals surface area contributed by atoms with Gasteiger partial charge in [-0.1, -0.05) is 97.1 Å². The van der Waals surface area contributed by atoms with E-state index in [4.69, 9.17) is 18.9 Å². The molecule has 0 amide bonds. The highest BCUT2D eigenvalue weighted by atomic mass is 16.5. The fraction of sp³-hybridized carbons (Fsp3) is 0.296. The molecule has 0 saturated carbocycles. The summed E-state index contributed by atoms with van der Waals surface area (Å²) < 4.78 is 22.3. The molecule has 5 aromatic rings. The molecule has 366 valence electrons. The summed E-state index contributed by atoms with van der Waals surface area (Å²) in [6, 6.07) is 25.1. The first-order valence-corrected chi connectivity index (χ1v) is 21.9. The highest BCUT2D eigenvalue weighted by molar-refractivity contribution is 6.10. The van der Waals surface area contributed by atoms with E-state index in [9.17, 15) is 58.8 Å². The molecule has 5 aromatic carbocycles. The van der Waals surface area contributed by atoms with Crippen molar-refractivity contribution in [3.8, 4) is 0 Å². The number of Topliss-reactive ketones (excluding diaryl/α,β-unsaturated/α-hetero) is 4. The third-order valence-electron chi connectivity index (χ3n) is 10.6. The summed E-state index contributed by atoms with van der Waals surface area (Å²) >= 11 is 0. The maximum Gasteiger partial charge on any atom is 0.339 e. The largest absolute Gasteiger partial charge is 0.457 e. The molecular weight excluding hydrogens is 905 g/mol. The Balaban J connectivity index is 1.51. The minimum Gasteiger partial charge on any atom is -0.457 e. The van der Waals surface area contributed by atoms with Crippen molar-refractivity contribution in [2.45, 2.75) is 104 Å². The van der Waals surface area contributed by atoms with Crippen LogP contribution in [0, 0.1) is 0 Å². The van der Waals surface area contributed by atoms with Gasteiger partial charge in [-0.05, 0) is 89.8 Å². The van der Waals surface area contributed by atoms with Gasteiger partial charge < -0.3 is 39.4 Å². The molecule has 0 unspecified atom stereocenters. The van der Waals surface area contributed by atoms with Gasteiger partial charge in [-0.2, -0.15) is 0 Å². The van der Waals surface area contributed by atoms with Gasteiger partial charge in [0.15, 0.2) is 23.1 Å². The van der Waals surface area contributed by atoms with Crippen LogP contribution in [0.15, 0.2) is 109 Å². The van der Waals surface area contributed by atoms with Gasteiger partial charge in [-0.3, -0.25) is 19.2 Å². The van der Waals surface area contributed by atoms with Gasteiger partial charge in [0.25, 0.3) is 0 Å². The lowest BCUT2D eigenvalue weighted by Gasteiger charge is -2.17. The highest BCUT2D eigenvalue weighted by Gasteiger charge is 2.31. The number of carbonyl (C=O) groups excluding carboxylic acids is 8.